The Morgan fingerprint density at radius 1 is 1.38 bits per heavy atom. The van der Waals surface area contributed by atoms with E-state index >= 15 is 0 Å². The maximum absolute atomic E-state index is 12.1. The molecule has 0 radical (unpaired) electrons. The van der Waals surface area contributed by atoms with Crippen LogP contribution in [-0.4, -0.2) is 28.2 Å². The lowest BCUT2D eigenvalue weighted by Crippen LogP contribution is -2.23. The van der Waals surface area contributed by atoms with Crippen LogP contribution in [0.4, 0.5) is 11.4 Å². The summed E-state index contributed by atoms with van der Waals surface area (Å²) in [5, 5.41) is 3.00. The second-order valence-electron chi connectivity index (χ2n) is 4.23. The predicted octanol–water partition coefficient (Wildman–Crippen LogP) is 2.19. The van der Waals surface area contributed by atoms with Gasteiger partial charge in [-0.25, -0.2) is 9.97 Å². The van der Waals surface area contributed by atoms with Gasteiger partial charge in [0.05, 0.1) is 23.7 Å². The monoisotopic (exact) mass is 304 g/mol. The molecular weight excluding hydrogens is 288 g/mol. The highest BCUT2D eigenvalue weighted by Gasteiger charge is 2.16. The van der Waals surface area contributed by atoms with Crippen molar-refractivity contribution in [2.75, 3.05) is 18.2 Å². The third kappa shape index (κ3) is 4.09. The largest absolute Gasteiger partial charge is 0.497 e. The van der Waals surface area contributed by atoms with E-state index in [0.29, 0.717) is 22.3 Å². The van der Waals surface area contributed by atoms with E-state index in [1.807, 2.05) is 0 Å². The molecule has 2 rings (SSSR count). The Morgan fingerprint density at radius 2 is 2.10 bits per heavy atom. The molecule has 3 N–H and O–H groups in total. The van der Waals surface area contributed by atoms with Crippen LogP contribution in [0.1, 0.15) is 6.92 Å². The van der Waals surface area contributed by atoms with E-state index in [0.717, 1.165) is 0 Å². The fraction of sp³-hybridized carbons (Fsp3) is 0.214. The van der Waals surface area contributed by atoms with Gasteiger partial charge in [-0.05, 0) is 25.1 Å². The molecule has 1 heterocycles. The molecule has 110 valence electrons. The van der Waals surface area contributed by atoms with Crippen LogP contribution < -0.4 is 15.8 Å². The number of aromatic nitrogens is 2. The molecule has 0 fully saturated rings. The Balaban J connectivity index is 2.00. The van der Waals surface area contributed by atoms with Crippen molar-refractivity contribution in [3.63, 3.8) is 0 Å². The smallest absolute Gasteiger partial charge is 0.237 e. The van der Waals surface area contributed by atoms with Crippen molar-refractivity contribution in [1.82, 2.24) is 9.97 Å². The van der Waals surface area contributed by atoms with Crippen molar-refractivity contribution in [3.8, 4) is 5.75 Å². The van der Waals surface area contributed by atoms with Crippen LogP contribution in [-0.2, 0) is 4.79 Å². The number of benzene rings is 1. The van der Waals surface area contributed by atoms with Gasteiger partial charge in [0, 0.05) is 18.5 Å². The zero-order valence-corrected chi connectivity index (χ0v) is 12.6. The van der Waals surface area contributed by atoms with E-state index in [4.69, 9.17) is 10.5 Å². The van der Waals surface area contributed by atoms with E-state index in [2.05, 4.69) is 15.3 Å². The molecule has 1 aromatic carbocycles. The van der Waals surface area contributed by atoms with Gasteiger partial charge in [0.2, 0.25) is 5.91 Å². The van der Waals surface area contributed by atoms with Gasteiger partial charge < -0.3 is 15.8 Å². The average molecular weight is 304 g/mol. The van der Waals surface area contributed by atoms with E-state index < -0.39 is 0 Å². The highest BCUT2D eigenvalue weighted by Crippen LogP contribution is 2.26. The number of ether oxygens (including phenoxy) is 1. The minimum Gasteiger partial charge on any atom is -0.497 e. The van der Waals surface area contributed by atoms with E-state index in [1.54, 1.807) is 50.7 Å². The third-order valence-corrected chi connectivity index (χ3v) is 3.70. The lowest BCUT2D eigenvalue weighted by Gasteiger charge is -2.13. The van der Waals surface area contributed by atoms with Gasteiger partial charge in [-0.2, -0.15) is 0 Å². The van der Waals surface area contributed by atoms with E-state index in [-0.39, 0.29) is 11.2 Å². The van der Waals surface area contributed by atoms with Gasteiger partial charge in [0.15, 0.2) is 5.16 Å². The summed E-state index contributed by atoms with van der Waals surface area (Å²) < 4.78 is 5.07. The lowest BCUT2D eigenvalue weighted by molar-refractivity contribution is -0.115. The van der Waals surface area contributed by atoms with Crippen LogP contribution in [0.15, 0.2) is 41.8 Å². The first-order valence-corrected chi connectivity index (χ1v) is 7.16. The van der Waals surface area contributed by atoms with Crippen LogP contribution in [0, 0.1) is 0 Å². The van der Waals surface area contributed by atoms with Gasteiger partial charge in [0.25, 0.3) is 0 Å². The third-order valence-electron chi connectivity index (χ3n) is 2.71. The standard InChI is InChI=1S/C14H16N4O2S/c1-9(21-14-16-6-3-7-17-14)13(19)18-12-5-4-10(20-2)8-11(12)15/h3-9H,15H2,1-2H3,(H,18,19). The number of hydrogen-bond donors (Lipinski definition) is 2. The number of thioether (sulfide) groups is 1. The number of carbonyl (C=O) groups excluding carboxylic acids is 1. The Hall–Kier alpha value is -2.28. The molecule has 21 heavy (non-hydrogen) atoms. The zero-order chi connectivity index (χ0) is 15.2. The number of rotatable bonds is 5. The summed E-state index contributed by atoms with van der Waals surface area (Å²) in [6.07, 6.45) is 3.28. The molecule has 0 aliphatic rings. The first-order valence-electron chi connectivity index (χ1n) is 6.28. The zero-order valence-electron chi connectivity index (χ0n) is 11.7. The molecule has 2 aromatic rings. The number of methoxy groups -OCH3 is 1. The van der Waals surface area contributed by atoms with E-state index in [9.17, 15) is 4.79 Å². The number of anilines is 2. The van der Waals surface area contributed by atoms with Crippen molar-refractivity contribution in [2.45, 2.75) is 17.3 Å². The molecule has 0 aliphatic carbocycles. The molecule has 1 amide bonds. The first-order chi connectivity index (χ1) is 10.1. The normalized spacial score (nSPS) is 11.7. The van der Waals surface area contributed by atoms with Gasteiger partial charge in [-0.3, -0.25) is 4.79 Å². The summed E-state index contributed by atoms with van der Waals surface area (Å²) in [4.78, 5) is 20.3. The van der Waals surface area contributed by atoms with Crippen LogP contribution in [0.5, 0.6) is 5.75 Å². The molecule has 0 saturated carbocycles. The summed E-state index contributed by atoms with van der Waals surface area (Å²) in [5.41, 5.74) is 6.88. The van der Waals surface area contributed by atoms with Crippen LogP contribution >= 0.6 is 11.8 Å². The molecular formula is C14H16N4O2S. The summed E-state index contributed by atoms with van der Waals surface area (Å²) in [6.45, 7) is 1.79. The fourth-order valence-electron chi connectivity index (χ4n) is 1.57. The number of nitrogens with one attached hydrogen (secondary N) is 1. The molecule has 1 atom stereocenters. The van der Waals surface area contributed by atoms with Crippen LogP contribution in [0.3, 0.4) is 0 Å². The summed E-state index contributed by atoms with van der Waals surface area (Å²) >= 11 is 1.28. The average Bonchev–Trinajstić information content (AvgIpc) is 2.50. The Morgan fingerprint density at radius 3 is 2.71 bits per heavy atom. The van der Waals surface area contributed by atoms with Crippen LogP contribution in [0.2, 0.25) is 0 Å². The minimum absolute atomic E-state index is 0.163. The van der Waals surface area contributed by atoms with Crippen molar-refractivity contribution >= 4 is 29.0 Å². The molecule has 6 nitrogen and oxygen atoms in total. The number of nitrogen functional groups attached to an aromatic ring is 1. The number of carbonyl (C=O) groups is 1. The van der Waals surface area contributed by atoms with Crippen molar-refractivity contribution < 1.29 is 9.53 Å². The molecule has 0 saturated heterocycles. The van der Waals surface area contributed by atoms with Gasteiger partial charge in [-0.15, -0.1) is 0 Å². The first kappa shape index (κ1) is 15.1. The van der Waals surface area contributed by atoms with Crippen molar-refractivity contribution in [2.24, 2.45) is 0 Å². The number of nitrogens with zero attached hydrogens (tertiary/aromatic N) is 2. The summed E-state index contributed by atoms with van der Waals surface area (Å²) in [7, 11) is 1.56. The highest BCUT2D eigenvalue weighted by atomic mass is 32.2. The predicted molar refractivity (Wildman–Crippen MR) is 83.4 cm³/mol. The van der Waals surface area contributed by atoms with Gasteiger partial charge in [-0.1, -0.05) is 11.8 Å². The maximum atomic E-state index is 12.1. The summed E-state index contributed by atoms with van der Waals surface area (Å²) in [6, 6.07) is 6.84. The second kappa shape index (κ2) is 6.94. The molecule has 0 aliphatic heterocycles. The maximum Gasteiger partial charge on any atom is 0.237 e. The molecule has 0 bridgehead atoms. The molecule has 7 heteroatoms. The topological polar surface area (TPSA) is 90.1 Å². The Labute approximate surface area is 127 Å². The number of amides is 1. The molecule has 0 spiro atoms. The second-order valence-corrected chi connectivity index (χ2v) is 5.54. The summed E-state index contributed by atoms with van der Waals surface area (Å²) in [5.74, 6) is 0.481. The van der Waals surface area contributed by atoms with Crippen molar-refractivity contribution in [3.05, 3.63) is 36.7 Å². The van der Waals surface area contributed by atoms with Gasteiger partial charge in [0.1, 0.15) is 5.75 Å². The molecule has 1 aromatic heterocycles. The quantitative estimate of drug-likeness (QED) is 0.500. The lowest BCUT2D eigenvalue weighted by atomic mass is 10.2. The highest BCUT2D eigenvalue weighted by molar-refractivity contribution is 8.00. The Bertz CT molecular complexity index is 622. The number of nitrogens with two attached hydrogens (primary N) is 1. The van der Waals surface area contributed by atoms with Gasteiger partial charge >= 0.3 is 0 Å². The van der Waals surface area contributed by atoms with Crippen molar-refractivity contribution in [1.29, 1.82) is 0 Å². The Kier molecular flexibility index (Phi) is 4.99. The number of hydrogen-bond acceptors (Lipinski definition) is 6. The van der Waals surface area contributed by atoms with Crippen LogP contribution in [0.25, 0.3) is 0 Å². The van der Waals surface area contributed by atoms with E-state index in [1.165, 1.54) is 11.8 Å². The minimum atomic E-state index is -0.339. The molecule has 1 unspecified atom stereocenters. The SMILES string of the molecule is COc1ccc(NC(=O)C(C)Sc2ncccn2)c(N)c1. The fourth-order valence-corrected chi connectivity index (χ4v) is 2.30.